The minimum absolute atomic E-state index is 0.190. The van der Waals surface area contributed by atoms with Crippen LogP contribution in [0.4, 0.5) is 17.1 Å². The van der Waals surface area contributed by atoms with Gasteiger partial charge in [0.25, 0.3) is 0 Å². The van der Waals surface area contributed by atoms with Gasteiger partial charge in [-0.2, -0.15) is 0 Å². The summed E-state index contributed by atoms with van der Waals surface area (Å²) in [4.78, 5) is 10.9. The maximum atomic E-state index is 10.9. The van der Waals surface area contributed by atoms with Crippen LogP contribution >= 0.6 is 0 Å². The first-order valence-electron chi connectivity index (χ1n) is 6.59. The summed E-state index contributed by atoms with van der Waals surface area (Å²) in [7, 11) is 0. The maximum Gasteiger partial charge on any atom is 0.335 e. The number of nitrogens with two attached hydrogens (primary N) is 1. The van der Waals surface area contributed by atoms with Crippen molar-refractivity contribution in [3.05, 3.63) is 53.6 Å². The van der Waals surface area contributed by atoms with Crippen LogP contribution in [0, 0.1) is 0 Å². The number of aryl methyl sites for hydroxylation is 1. The molecule has 0 bridgehead atoms. The van der Waals surface area contributed by atoms with Crippen LogP contribution < -0.4 is 11.1 Å². The van der Waals surface area contributed by atoms with Crippen molar-refractivity contribution in [1.29, 1.82) is 0 Å². The Balaban J connectivity index is 2.28. The van der Waals surface area contributed by atoms with E-state index in [1.54, 1.807) is 12.1 Å². The number of nitrogen functional groups attached to an aromatic ring is 1. The molecule has 0 fully saturated rings. The highest BCUT2D eigenvalue weighted by molar-refractivity contribution is 5.91. The minimum atomic E-state index is -0.977. The van der Waals surface area contributed by atoms with E-state index in [1.165, 1.54) is 11.6 Å². The van der Waals surface area contributed by atoms with Gasteiger partial charge in [-0.25, -0.2) is 4.79 Å². The van der Waals surface area contributed by atoms with Crippen LogP contribution in [-0.4, -0.2) is 11.1 Å². The minimum Gasteiger partial charge on any atom is -0.478 e. The number of benzene rings is 2. The lowest BCUT2D eigenvalue weighted by molar-refractivity contribution is 0.0697. The Kier molecular flexibility index (Phi) is 4.25. The van der Waals surface area contributed by atoms with Gasteiger partial charge in [-0.05, 0) is 36.2 Å². The van der Waals surface area contributed by atoms with Gasteiger partial charge in [-0.15, -0.1) is 0 Å². The molecule has 0 aliphatic carbocycles. The van der Waals surface area contributed by atoms with E-state index in [2.05, 4.69) is 18.3 Å². The first kappa shape index (κ1) is 13.9. The molecule has 104 valence electrons. The monoisotopic (exact) mass is 270 g/mol. The van der Waals surface area contributed by atoms with Crippen LogP contribution in [0.5, 0.6) is 0 Å². The van der Waals surface area contributed by atoms with Crippen LogP contribution in [0.3, 0.4) is 0 Å². The molecule has 0 aromatic heterocycles. The molecule has 0 saturated heterocycles. The fourth-order valence-corrected chi connectivity index (χ4v) is 2.08. The summed E-state index contributed by atoms with van der Waals surface area (Å²) in [5, 5.41) is 12.2. The molecule has 0 amide bonds. The van der Waals surface area contributed by atoms with Crippen LogP contribution in [0.15, 0.2) is 42.5 Å². The molecular formula is C16H18N2O2. The second-order valence-corrected chi connectivity index (χ2v) is 4.64. The third-order valence-corrected chi connectivity index (χ3v) is 3.10. The summed E-state index contributed by atoms with van der Waals surface area (Å²) in [6.07, 6.45) is 2.04. The van der Waals surface area contributed by atoms with Crippen molar-refractivity contribution in [3.8, 4) is 0 Å². The highest BCUT2D eigenvalue weighted by atomic mass is 16.4. The highest BCUT2D eigenvalue weighted by Gasteiger charge is 2.08. The summed E-state index contributed by atoms with van der Waals surface area (Å²) in [6, 6.07) is 12.7. The fourth-order valence-electron chi connectivity index (χ4n) is 2.08. The van der Waals surface area contributed by atoms with Gasteiger partial charge in [0.15, 0.2) is 0 Å². The van der Waals surface area contributed by atoms with Gasteiger partial charge < -0.3 is 16.2 Å². The predicted molar refractivity (Wildman–Crippen MR) is 81.5 cm³/mol. The Morgan fingerprint density at radius 2 is 1.95 bits per heavy atom. The predicted octanol–water partition coefficient (Wildman–Crippen LogP) is 3.66. The quantitative estimate of drug-likeness (QED) is 0.725. The van der Waals surface area contributed by atoms with E-state index < -0.39 is 5.97 Å². The molecule has 2 rings (SSSR count). The topological polar surface area (TPSA) is 75.3 Å². The van der Waals surface area contributed by atoms with Gasteiger partial charge in [0.05, 0.1) is 16.9 Å². The van der Waals surface area contributed by atoms with E-state index in [9.17, 15) is 4.79 Å². The van der Waals surface area contributed by atoms with E-state index >= 15 is 0 Å². The van der Waals surface area contributed by atoms with Crippen LogP contribution in [0.2, 0.25) is 0 Å². The maximum absolute atomic E-state index is 10.9. The molecule has 0 aliphatic heterocycles. The summed E-state index contributed by atoms with van der Waals surface area (Å²) in [6.45, 7) is 2.13. The average Bonchev–Trinajstić information content (AvgIpc) is 2.43. The lowest BCUT2D eigenvalue weighted by Gasteiger charge is -2.13. The van der Waals surface area contributed by atoms with Crippen LogP contribution in [0.1, 0.15) is 29.3 Å². The molecule has 4 heteroatoms. The largest absolute Gasteiger partial charge is 0.478 e. The Morgan fingerprint density at radius 3 is 2.60 bits per heavy atom. The van der Waals surface area contributed by atoms with Crippen molar-refractivity contribution in [3.63, 3.8) is 0 Å². The number of carbonyl (C=O) groups is 1. The molecule has 2 aromatic carbocycles. The Labute approximate surface area is 118 Å². The molecule has 0 aliphatic rings. The van der Waals surface area contributed by atoms with Gasteiger partial charge in [0, 0.05) is 5.69 Å². The van der Waals surface area contributed by atoms with E-state index in [1.807, 2.05) is 18.2 Å². The number of aromatic carboxylic acids is 1. The zero-order chi connectivity index (χ0) is 14.5. The molecule has 0 atom stereocenters. The van der Waals surface area contributed by atoms with Crippen molar-refractivity contribution < 1.29 is 9.90 Å². The fraction of sp³-hybridized carbons (Fsp3) is 0.188. The van der Waals surface area contributed by atoms with E-state index in [4.69, 9.17) is 10.8 Å². The third kappa shape index (κ3) is 3.09. The van der Waals surface area contributed by atoms with E-state index in [0.717, 1.165) is 24.2 Å². The summed E-state index contributed by atoms with van der Waals surface area (Å²) in [5.74, 6) is -0.977. The van der Waals surface area contributed by atoms with Gasteiger partial charge in [-0.1, -0.05) is 31.5 Å². The SMILES string of the molecule is CCCc1ccccc1Nc1ccc(C(=O)O)cc1N. The van der Waals surface area contributed by atoms with Crippen molar-refractivity contribution in [2.45, 2.75) is 19.8 Å². The highest BCUT2D eigenvalue weighted by Crippen LogP contribution is 2.27. The van der Waals surface area contributed by atoms with Crippen molar-refractivity contribution >= 4 is 23.0 Å². The summed E-state index contributed by atoms with van der Waals surface area (Å²) in [5.41, 5.74) is 9.47. The lowest BCUT2D eigenvalue weighted by Crippen LogP contribution is -2.02. The molecule has 20 heavy (non-hydrogen) atoms. The molecule has 2 aromatic rings. The van der Waals surface area contributed by atoms with Gasteiger partial charge in [-0.3, -0.25) is 0 Å². The standard InChI is InChI=1S/C16H18N2O2/c1-2-5-11-6-3-4-7-14(11)18-15-9-8-12(16(19)20)10-13(15)17/h3-4,6-10,18H,2,5,17H2,1H3,(H,19,20). The second-order valence-electron chi connectivity index (χ2n) is 4.64. The normalized spacial score (nSPS) is 10.2. The summed E-state index contributed by atoms with van der Waals surface area (Å²) >= 11 is 0. The smallest absolute Gasteiger partial charge is 0.335 e. The van der Waals surface area contributed by atoms with Gasteiger partial charge >= 0.3 is 5.97 Å². The van der Waals surface area contributed by atoms with Crippen molar-refractivity contribution in [2.75, 3.05) is 11.1 Å². The molecule has 0 radical (unpaired) electrons. The van der Waals surface area contributed by atoms with Crippen LogP contribution in [0.25, 0.3) is 0 Å². The number of anilines is 3. The molecule has 0 saturated carbocycles. The Hall–Kier alpha value is -2.49. The zero-order valence-corrected chi connectivity index (χ0v) is 11.4. The van der Waals surface area contributed by atoms with Gasteiger partial charge in [0.1, 0.15) is 0 Å². The lowest BCUT2D eigenvalue weighted by atomic mass is 10.1. The van der Waals surface area contributed by atoms with Crippen molar-refractivity contribution in [1.82, 2.24) is 0 Å². The Bertz CT molecular complexity index is 624. The average molecular weight is 270 g/mol. The molecular weight excluding hydrogens is 252 g/mol. The molecule has 0 heterocycles. The zero-order valence-electron chi connectivity index (χ0n) is 11.4. The number of hydrogen-bond acceptors (Lipinski definition) is 3. The molecule has 0 spiro atoms. The second kappa shape index (κ2) is 6.10. The van der Waals surface area contributed by atoms with E-state index in [-0.39, 0.29) is 5.56 Å². The number of hydrogen-bond donors (Lipinski definition) is 3. The number of rotatable bonds is 5. The first-order chi connectivity index (χ1) is 9.61. The van der Waals surface area contributed by atoms with Crippen molar-refractivity contribution in [2.24, 2.45) is 0 Å². The first-order valence-corrected chi connectivity index (χ1v) is 6.59. The number of para-hydroxylation sites is 1. The third-order valence-electron chi connectivity index (χ3n) is 3.10. The molecule has 4 N–H and O–H groups in total. The van der Waals surface area contributed by atoms with Gasteiger partial charge in [0.2, 0.25) is 0 Å². The number of nitrogens with one attached hydrogen (secondary N) is 1. The number of carboxylic acids is 1. The number of carboxylic acid groups (broad SMARTS) is 1. The summed E-state index contributed by atoms with van der Waals surface area (Å²) < 4.78 is 0. The molecule has 0 unspecified atom stereocenters. The molecule has 4 nitrogen and oxygen atoms in total. The van der Waals surface area contributed by atoms with Crippen LogP contribution in [-0.2, 0) is 6.42 Å². The van der Waals surface area contributed by atoms with E-state index in [0.29, 0.717) is 5.69 Å². The Morgan fingerprint density at radius 1 is 1.20 bits per heavy atom.